The second kappa shape index (κ2) is 5.93. The highest BCUT2D eigenvalue weighted by atomic mass is 16.3. The Morgan fingerprint density at radius 1 is 0.769 bits per heavy atom. The van der Waals surface area contributed by atoms with Crippen molar-refractivity contribution in [3.05, 3.63) is 71.8 Å². The monoisotopic (exact) mass is 343 g/mol. The third-order valence-electron chi connectivity index (χ3n) is 4.28. The number of nitrogens with two attached hydrogens (primary N) is 2. The van der Waals surface area contributed by atoms with Crippen LogP contribution in [-0.4, -0.2) is 16.7 Å². The summed E-state index contributed by atoms with van der Waals surface area (Å²) in [6.07, 6.45) is 0. The van der Waals surface area contributed by atoms with E-state index in [1.54, 1.807) is 12.1 Å². The summed E-state index contributed by atoms with van der Waals surface area (Å²) in [5.41, 5.74) is 15.1. The summed E-state index contributed by atoms with van der Waals surface area (Å²) in [6.45, 7) is 0. The first-order valence-corrected chi connectivity index (χ1v) is 8.03. The van der Waals surface area contributed by atoms with Crippen molar-refractivity contribution < 1.29 is 4.42 Å². The van der Waals surface area contributed by atoms with Gasteiger partial charge in [0.15, 0.2) is 5.76 Å². The molecule has 4 aromatic rings. The SMILES string of the molecule is N=C(N)c1ccc(-c2ccc(-c3cc4cc(C(=N)N)ccc4[nH]3)o2)cc1. The zero-order valence-corrected chi connectivity index (χ0v) is 13.8. The average molecular weight is 343 g/mol. The summed E-state index contributed by atoms with van der Waals surface area (Å²) in [6, 6.07) is 18.7. The third kappa shape index (κ3) is 2.73. The Labute approximate surface area is 149 Å². The predicted octanol–water partition coefficient (Wildman–Crippen LogP) is 3.66. The number of nitrogens with one attached hydrogen (secondary N) is 3. The van der Waals surface area contributed by atoms with Gasteiger partial charge < -0.3 is 20.9 Å². The lowest BCUT2D eigenvalue weighted by Crippen LogP contribution is -2.10. The van der Waals surface area contributed by atoms with Crippen LogP contribution < -0.4 is 11.5 Å². The molecule has 6 heteroatoms. The van der Waals surface area contributed by atoms with E-state index in [2.05, 4.69) is 4.98 Å². The smallest absolute Gasteiger partial charge is 0.151 e. The van der Waals surface area contributed by atoms with Gasteiger partial charge in [-0.05, 0) is 36.4 Å². The van der Waals surface area contributed by atoms with Crippen molar-refractivity contribution in [1.82, 2.24) is 4.98 Å². The van der Waals surface area contributed by atoms with E-state index in [9.17, 15) is 0 Å². The average Bonchev–Trinajstić information content (AvgIpc) is 3.27. The molecule has 2 heterocycles. The van der Waals surface area contributed by atoms with Crippen molar-refractivity contribution in [2.75, 3.05) is 0 Å². The number of H-pyrrole nitrogens is 1. The van der Waals surface area contributed by atoms with Gasteiger partial charge >= 0.3 is 0 Å². The van der Waals surface area contributed by atoms with Gasteiger partial charge in [-0.25, -0.2) is 0 Å². The van der Waals surface area contributed by atoms with Crippen LogP contribution in [0.2, 0.25) is 0 Å². The molecular formula is C20H17N5O. The highest BCUT2D eigenvalue weighted by Gasteiger charge is 2.10. The lowest BCUT2D eigenvalue weighted by molar-refractivity contribution is 0.595. The van der Waals surface area contributed by atoms with Crippen molar-refractivity contribution in [2.24, 2.45) is 11.5 Å². The lowest BCUT2D eigenvalue weighted by atomic mass is 10.1. The molecule has 0 atom stereocenters. The van der Waals surface area contributed by atoms with Crippen molar-refractivity contribution in [1.29, 1.82) is 10.8 Å². The Balaban J connectivity index is 1.68. The minimum absolute atomic E-state index is 0.0414. The standard InChI is InChI=1S/C20H17N5O/c21-19(22)12-3-1-11(2-4-12)17-7-8-18(26-17)16-10-14-9-13(20(23)24)5-6-15(14)25-16/h1-10,25H,(H3,21,22)(H3,23,24). The molecule has 0 fully saturated rings. The van der Waals surface area contributed by atoms with Crippen LogP contribution in [0.5, 0.6) is 0 Å². The summed E-state index contributed by atoms with van der Waals surface area (Å²) in [5, 5.41) is 16.0. The molecular weight excluding hydrogens is 326 g/mol. The number of hydrogen-bond acceptors (Lipinski definition) is 3. The van der Waals surface area contributed by atoms with Crippen molar-refractivity contribution in [2.45, 2.75) is 0 Å². The summed E-state index contributed by atoms with van der Waals surface area (Å²) in [5.74, 6) is 1.54. The summed E-state index contributed by atoms with van der Waals surface area (Å²) < 4.78 is 5.98. The molecule has 26 heavy (non-hydrogen) atoms. The first-order chi connectivity index (χ1) is 12.5. The number of nitrogen functional groups attached to an aromatic ring is 2. The molecule has 0 saturated carbocycles. The zero-order chi connectivity index (χ0) is 18.3. The lowest BCUT2D eigenvalue weighted by Gasteiger charge is -2.00. The van der Waals surface area contributed by atoms with Crippen LogP contribution in [0.4, 0.5) is 0 Å². The van der Waals surface area contributed by atoms with Crippen LogP contribution in [0.3, 0.4) is 0 Å². The highest BCUT2D eigenvalue weighted by Crippen LogP contribution is 2.30. The summed E-state index contributed by atoms with van der Waals surface area (Å²) >= 11 is 0. The summed E-state index contributed by atoms with van der Waals surface area (Å²) in [7, 11) is 0. The number of aromatic nitrogens is 1. The highest BCUT2D eigenvalue weighted by molar-refractivity contribution is 5.99. The molecule has 0 aliphatic carbocycles. The molecule has 2 aromatic heterocycles. The first-order valence-electron chi connectivity index (χ1n) is 8.03. The topological polar surface area (TPSA) is 129 Å². The number of amidine groups is 2. The van der Waals surface area contributed by atoms with Gasteiger partial charge in [0.25, 0.3) is 0 Å². The number of benzene rings is 2. The molecule has 2 aromatic carbocycles. The second-order valence-electron chi connectivity index (χ2n) is 6.05. The van der Waals surface area contributed by atoms with Gasteiger partial charge in [0.1, 0.15) is 17.4 Å². The van der Waals surface area contributed by atoms with Crippen LogP contribution in [0.1, 0.15) is 11.1 Å². The van der Waals surface area contributed by atoms with E-state index in [0.29, 0.717) is 11.1 Å². The van der Waals surface area contributed by atoms with E-state index >= 15 is 0 Å². The molecule has 0 amide bonds. The van der Waals surface area contributed by atoms with Crippen LogP contribution in [0, 0.1) is 10.8 Å². The van der Waals surface area contributed by atoms with E-state index < -0.39 is 0 Å². The van der Waals surface area contributed by atoms with Gasteiger partial charge in [-0.1, -0.05) is 24.3 Å². The number of aromatic amines is 1. The molecule has 0 bridgehead atoms. The fraction of sp³-hybridized carbons (Fsp3) is 0. The van der Waals surface area contributed by atoms with Gasteiger partial charge in [0, 0.05) is 27.6 Å². The first kappa shape index (κ1) is 15.7. The Morgan fingerprint density at radius 2 is 1.42 bits per heavy atom. The van der Waals surface area contributed by atoms with Crippen molar-refractivity contribution in [3.8, 4) is 22.8 Å². The van der Waals surface area contributed by atoms with Gasteiger partial charge in [-0.3, -0.25) is 10.8 Å². The fourth-order valence-electron chi connectivity index (χ4n) is 2.88. The molecule has 0 aliphatic heterocycles. The zero-order valence-electron chi connectivity index (χ0n) is 13.8. The molecule has 0 spiro atoms. The van der Waals surface area contributed by atoms with E-state index in [1.165, 1.54) is 0 Å². The normalized spacial score (nSPS) is 10.9. The number of hydrogen-bond donors (Lipinski definition) is 5. The number of fused-ring (bicyclic) bond motifs is 1. The molecule has 0 radical (unpaired) electrons. The van der Waals surface area contributed by atoms with Gasteiger partial charge in [0.2, 0.25) is 0 Å². The largest absolute Gasteiger partial charge is 0.455 e. The maximum absolute atomic E-state index is 7.55. The van der Waals surface area contributed by atoms with Gasteiger partial charge in [-0.2, -0.15) is 0 Å². The molecule has 0 aliphatic rings. The Kier molecular flexibility index (Phi) is 3.58. The van der Waals surface area contributed by atoms with E-state index in [4.69, 9.17) is 26.7 Å². The molecule has 7 N–H and O–H groups in total. The number of rotatable bonds is 4. The van der Waals surface area contributed by atoms with Gasteiger partial charge in [0.05, 0.1) is 5.69 Å². The van der Waals surface area contributed by atoms with Crippen LogP contribution in [0.15, 0.2) is 65.1 Å². The van der Waals surface area contributed by atoms with Gasteiger partial charge in [-0.15, -0.1) is 0 Å². The van der Waals surface area contributed by atoms with E-state index in [0.717, 1.165) is 33.7 Å². The van der Waals surface area contributed by atoms with Crippen LogP contribution in [-0.2, 0) is 0 Å². The maximum Gasteiger partial charge on any atom is 0.151 e. The third-order valence-corrected chi connectivity index (χ3v) is 4.28. The second-order valence-corrected chi connectivity index (χ2v) is 6.05. The molecule has 0 saturated heterocycles. The van der Waals surface area contributed by atoms with Crippen LogP contribution >= 0.6 is 0 Å². The Bertz CT molecular complexity index is 1130. The van der Waals surface area contributed by atoms with Crippen molar-refractivity contribution >= 4 is 22.6 Å². The maximum atomic E-state index is 7.55. The molecule has 128 valence electrons. The number of furan rings is 1. The van der Waals surface area contributed by atoms with E-state index in [1.807, 2.05) is 48.5 Å². The Morgan fingerprint density at radius 3 is 2.12 bits per heavy atom. The Hall–Kier alpha value is -3.80. The van der Waals surface area contributed by atoms with Crippen molar-refractivity contribution in [3.63, 3.8) is 0 Å². The molecule has 4 rings (SSSR count). The van der Waals surface area contributed by atoms with E-state index in [-0.39, 0.29) is 11.7 Å². The minimum atomic E-state index is 0.0414. The summed E-state index contributed by atoms with van der Waals surface area (Å²) in [4.78, 5) is 3.32. The fourth-order valence-corrected chi connectivity index (χ4v) is 2.88. The minimum Gasteiger partial charge on any atom is -0.455 e. The van der Waals surface area contributed by atoms with Crippen LogP contribution in [0.25, 0.3) is 33.7 Å². The quantitative estimate of drug-likeness (QED) is 0.286. The molecule has 6 nitrogen and oxygen atoms in total. The predicted molar refractivity (Wildman–Crippen MR) is 103 cm³/mol. The molecule has 0 unspecified atom stereocenters.